The maximum absolute atomic E-state index is 6.09. The van der Waals surface area contributed by atoms with Crippen molar-refractivity contribution in [2.45, 2.75) is 58.5 Å². The van der Waals surface area contributed by atoms with Crippen LogP contribution in [0.1, 0.15) is 45.1 Å². The average molecular weight is 378 g/mol. The van der Waals surface area contributed by atoms with Gasteiger partial charge in [-0.15, -0.1) is 0 Å². The van der Waals surface area contributed by atoms with Gasteiger partial charge in [-0.1, -0.05) is 6.07 Å². The second-order valence-electron chi connectivity index (χ2n) is 7.54. The first-order valence-corrected chi connectivity index (χ1v) is 10.5. The van der Waals surface area contributed by atoms with E-state index >= 15 is 0 Å². The van der Waals surface area contributed by atoms with Crippen molar-refractivity contribution in [3.05, 3.63) is 23.9 Å². The number of ether oxygens (including phenoxy) is 3. The van der Waals surface area contributed by atoms with Crippen molar-refractivity contribution in [2.24, 2.45) is 5.92 Å². The standard InChI is InChI=1S/C21H35N3O3/c1-3-25-21(26-4-2)15-22-13-18-7-8-20(23-14-18)27-19-9-11-24(12-10-19)16-17-5-6-17/h7-8,14,17,19,21-22H,3-6,9-13,15-16H2,1-2H3. The number of pyridine rings is 1. The molecule has 0 spiro atoms. The molecule has 1 saturated heterocycles. The fourth-order valence-corrected chi connectivity index (χ4v) is 3.50. The van der Waals surface area contributed by atoms with Gasteiger partial charge in [0.05, 0.1) is 0 Å². The molecule has 1 saturated carbocycles. The van der Waals surface area contributed by atoms with Crippen molar-refractivity contribution in [1.29, 1.82) is 0 Å². The molecule has 0 aromatic carbocycles. The van der Waals surface area contributed by atoms with Crippen molar-refractivity contribution in [1.82, 2.24) is 15.2 Å². The van der Waals surface area contributed by atoms with Crippen LogP contribution in [0.2, 0.25) is 0 Å². The van der Waals surface area contributed by atoms with E-state index in [4.69, 9.17) is 14.2 Å². The molecule has 1 aliphatic carbocycles. The third-order valence-electron chi connectivity index (χ3n) is 5.18. The van der Waals surface area contributed by atoms with Crippen LogP contribution < -0.4 is 10.1 Å². The van der Waals surface area contributed by atoms with Gasteiger partial charge in [0.15, 0.2) is 6.29 Å². The van der Waals surface area contributed by atoms with E-state index in [-0.39, 0.29) is 6.29 Å². The Labute approximate surface area is 163 Å². The smallest absolute Gasteiger partial charge is 0.213 e. The number of likely N-dealkylation sites (tertiary alicyclic amines) is 1. The lowest BCUT2D eigenvalue weighted by atomic mass is 10.1. The van der Waals surface area contributed by atoms with E-state index in [1.165, 1.54) is 19.4 Å². The van der Waals surface area contributed by atoms with Gasteiger partial charge in [-0.25, -0.2) is 4.98 Å². The van der Waals surface area contributed by atoms with E-state index < -0.39 is 0 Å². The minimum Gasteiger partial charge on any atom is -0.474 e. The first-order valence-electron chi connectivity index (χ1n) is 10.5. The molecule has 0 unspecified atom stereocenters. The molecule has 152 valence electrons. The molecule has 1 aliphatic heterocycles. The largest absolute Gasteiger partial charge is 0.474 e. The van der Waals surface area contributed by atoms with E-state index in [2.05, 4.69) is 21.3 Å². The molecule has 1 N–H and O–H groups in total. The van der Waals surface area contributed by atoms with Crippen LogP contribution in [0.25, 0.3) is 0 Å². The van der Waals surface area contributed by atoms with Gasteiger partial charge >= 0.3 is 0 Å². The van der Waals surface area contributed by atoms with Crippen LogP contribution in [0.5, 0.6) is 5.88 Å². The third kappa shape index (κ3) is 7.37. The summed E-state index contributed by atoms with van der Waals surface area (Å²) >= 11 is 0. The summed E-state index contributed by atoms with van der Waals surface area (Å²) in [6.07, 6.45) is 7.07. The molecule has 6 nitrogen and oxygen atoms in total. The zero-order chi connectivity index (χ0) is 18.9. The minimum atomic E-state index is -0.193. The summed E-state index contributed by atoms with van der Waals surface area (Å²) in [5.41, 5.74) is 1.13. The van der Waals surface area contributed by atoms with Gasteiger partial charge in [0, 0.05) is 58.2 Å². The van der Waals surface area contributed by atoms with Gasteiger partial charge < -0.3 is 24.4 Å². The zero-order valence-corrected chi connectivity index (χ0v) is 16.9. The number of hydrogen-bond acceptors (Lipinski definition) is 6. The second kappa shape index (κ2) is 11.0. The van der Waals surface area contributed by atoms with Crippen LogP contribution in [-0.4, -0.2) is 61.7 Å². The highest BCUT2D eigenvalue weighted by atomic mass is 16.7. The number of rotatable bonds is 12. The first kappa shape index (κ1) is 20.5. The van der Waals surface area contributed by atoms with Crippen LogP contribution in [0.15, 0.2) is 18.3 Å². The van der Waals surface area contributed by atoms with Crippen LogP contribution in [-0.2, 0) is 16.0 Å². The fraction of sp³-hybridized carbons (Fsp3) is 0.762. The Kier molecular flexibility index (Phi) is 8.33. The molecular weight excluding hydrogens is 342 g/mol. The predicted molar refractivity (Wildman–Crippen MR) is 106 cm³/mol. The highest BCUT2D eigenvalue weighted by Crippen LogP contribution is 2.30. The Morgan fingerprint density at radius 1 is 1.11 bits per heavy atom. The Hall–Kier alpha value is -1.21. The molecule has 1 aromatic rings. The summed E-state index contributed by atoms with van der Waals surface area (Å²) < 4.78 is 17.2. The number of nitrogens with zero attached hydrogens (tertiary/aromatic N) is 2. The van der Waals surface area contributed by atoms with Crippen LogP contribution in [0, 0.1) is 5.92 Å². The Bertz CT molecular complexity index is 522. The van der Waals surface area contributed by atoms with Crippen LogP contribution in [0.4, 0.5) is 0 Å². The topological polar surface area (TPSA) is 55.8 Å². The zero-order valence-electron chi connectivity index (χ0n) is 16.9. The number of hydrogen-bond donors (Lipinski definition) is 1. The minimum absolute atomic E-state index is 0.193. The Morgan fingerprint density at radius 3 is 2.44 bits per heavy atom. The van der Waals surface area contributed by atoms with Gasteiger partial charge in [0.25, 0.3) is 0 Å². The molecule has 3 rings (SSSR count). The highest BCUT2D eigenvalue weighted by Gasteiger charge is 2.27. The van der Waals surface area contributed by atoms with Crippen molar-refractivity contribution >= 4 is 0 Å². The third-order valence-corrected chi connectivity index (χ3v) is 5.18. The molecule has 27 heavy (non-hydrogen) atoms. The average Bonchev–Trinajstić information content (AvgIpc) is 3.49. The lowest BCUT2D eigenvalue weighted by molar-refractivity contribution is -0.133. The summed E-state index contributed by atoms with van der Waals surface area (Å²) in [5, 5.41) is 3.36. The van der Waals surface area contributed by atoms with Gasteiger partial charge in [0.2, 0.25) is 5.88 Å². The van der Waals surface area contributed by atoms with E-state index in [1.54, 1.807) is 0 Å². The molecule has 6 heteroatoms. The SMILES string of the molecule is CCOC(CNCc1ccc(OC2CCN(CC3CC3)CC2)nc1)OCC. The normalized spacial score (nSPS) is 18.9. The van der Waals surface area contributed by atoms with Crippen molar-refractivity contribution in [3.63, 3.8) is 0 Å². The lowest BCUT2D eigenvalue weighted by Gasteiger charge is -2.31. The maximum Gasteiger partial charge on any atom is 0.213 e. The van der Waals surface area contributed by atoms with Crippen LogP contribution >= 0.6 is 0 Å². The molecule has 0 atom stereocenters. The molecule has 0 radical (unpaired) electrons. The van der Waals surface area contributed by atoms with E-state index in [1.807, 2.05) is 26.1 Å². The molecule has 2 aliphatic rings. The second-order valence-corrected chi connectivity index (χ2v) is 7.54. The molecule has 2 fully saturated rings. The summed E-state index contributed by atoms with van der Waals surface area (Å²) in [4.78, 5) is 7.08. The number of aromatic nitrogens is 1. The van der Waals surface area contributed by atoms with Crippen molar-refractivity contribution in [2.75, 3.05) is 39.4 Å². The first-order chi connectivity index (χ1) is 13.3. The Morgan fingerprint density at radius 2 is 1.85 bits per heavy atom. The molecular formula is C21H35N3O3. The van der Waals surface area contributed by atoms with Gasteiger partial charge in [-0.3, -0.25) is 0 Å². The Balaban J connectivity index is 1.34. The quantitative estimate of drug-likeness (QED) is 0.565. The van der Waals surface area contributed by atoms with E-state index in [0.717, 1.165) is 49.8 Å². The number of piperidine rings is 1. The van der Waals surface area contributed by atoms with Gasteiger partial charge in [-0.05, 0) is 51.0 Å². The van der Waals surface area contributed by atoms with Crippen molar-refractivity contribution < 1.29 is 14.2 Å². The van der Waals surface area contributed by atoms with E-state index in [9.17, 15) is 0 Å². The molecule has 0 amide bonds. The predicted octanol–water partition coefficient (Wildman–Crippen LogP) is 2.82. The van der Waals surface area contributed by atoms with Crippen LogP contribution in [0.3, 0.4) is 0 Å². The lowest BCUT2D eigenvalue weighted by Crippen LogP contribution is -2.39. The molecule has 2 heterocycles. The monoisotopic (exact) mass is 377 g/mol. The van der Waals surface area contributed by atoms with Gasteiger partial charge in [0.1, 0.15) is 6.10 Å². The summed E-state index contributed by atoms with van der Waals surface area (Å²) in [6.45, 7) is 10.3. The fourth-order valence-electron chi connectivity index (χ4n) is 3.50. The summed E-state index contributed by atoms with van der Waals surface area (Å²) in [6, 6.07) is 4.06. The summed E-state index contributed by atoms with van der Waals surface area (Å²) in [7, 11) is 0. The van der Waals surface area contributed by atoms with E-state index in [0.29, 0.717) is 25.9 Å². The maximum atomic E-state index is 6.09. The summed E-state index contributed by atoms with van der Waals surface area (Å²) in [5.74, 6) is 1.71. The van der Waals surface area contributed by atoms with Gasteiger partial charge in [-0.2, -0.15) is 0 Å². The molecule has 1 aromatic heterocycles. The van der Waals surface area contributed by atoms with Crippen molar-refractivity contribution in [3.8, 4) is 5.88 Å². The molecule has 0 bridgehead atoms. The number of nitrogens with one attached hydrogen (secondary N) is 1. The highest BCUT2D eigenvalue weighted by molar-refractivity contribution is 5.18.